The van der Waals surface area contributed by atoms with Gasteiger partial charge in [-0.2, -0.15) is 5.10 Å². The lowest BCUT2D eigenvalue weighted by molar-refractivity contribution is -0.138. The Bertz CT molecular complexity index is 991. The summed E-state index contributed by atoms with van der Waals surface area (Å²) < 4.78 is 0. The fraction of sp³-hybridized carbons (Fsp3) is 0.333. The van der Waals surface area contributed by atoms with Crippen molar-refractivity contribution in [3.63, 3.8) is 0 Å². The summed E-state index contributed by atoms with van der Waals surface area (Å²) in [4.78, 5) is 24.5. The Kier molecular flexibility index (Phi) is 4.57. The average molecular weight is 387 g/mol. The van der Waals surface area contributed by atoms with Crippen LogP contribution in [0, 0.1) is 0 Å². The lowest BCUT2D eigenvalue weighted by Gasteiger charge is -2.41. The van der Waals surface area contributed by atoms with E-state index in [1.165, 1.54) is 6.33 Å². The van der Waals surface area contributed by atoms with E-state index in [0.717, 1.165) is 29.0 Å². The number of aliphatic carboxylic acids is 1. The number of rotatable bonds is 4. The SMILES string of the molecule is CCc1[nH]nc2ncnc(N3CCN(c4cccc(Cl)c4)[C@@H](C(=O)O)C3)c12. The molecule has 8 nitrogen and oxygen atoms in total. The molecular weight excluding hydrogens is 368 g/mol. The number of carbonyl (C=O) groups is 1. The molecule has 0 amide bonds. The van der Waals surface area contributed by atoms with E-state index in [1.54, 1.807) is 12.1 Å². The van der Waals surface area contributed by atoms with Gasteiger partial charge in [0.25, 0.3) is 0 Å². The third-order valence-electron chi connectivity index (χ3n) is 4.86. The second-order valence-corrected chi connectivity index (χ2v) is 6.86. The molecule has 0 saturated carbocycles. The molecule has 1 atom stereocenters. The molecule has 2 aromatic heterocycles. The van der Waals surface area contributed by atoms with Crippen LogP contribution < -0.4 is 9.80 Å². The van der Waals surface area contributed by atoms with E-state index in [1.807, 2.05) is 28.9 Å². The van der Waals surface area contributed by atoms with E-state index in [-0.39, 0.29) is 0 Å². The van der Waals surface area contributed by atoms with Crippen molar-refractivity contribution in [1.82, 2.24) is 20.2 Å². The van der Waals surface area contributed by atoms with Gasteiger partial charge in [-0.3, -0.25) is 5.10 Å². The summed E-state index contributed by atoms with van der Waals surface area (Å²) in [5, 5.41) is 18.5. The highest BCUT2D eigenvalue weighted by Gasteiger charge is 2.34. The topological polar surface area (TPSA) is 98.2 Å². The molecule has 0 bridgehead atoms. The first-order valence-electron chi connectivity index (χ1n) is 8.76. The van der Waals surface area contributed by atoms with Crippen LogP contribution in [0.25, 0.3) is 11.0 Å². The maximum absolute atomic E-state index is 12.0. The van der Waals surface area contributed by atoms with Crippen molar-refractivity contribution in [3.05, 3.63) is 41.3 Å². The Hall–Kier alpha value is -2.87. The van der Waals surface area contributed by atoms with E-state index in [9.17, 15) is 9.90 Å². The molecule has 3 heterocycles. The van der Waals surface area contributed by atoms with Gasteiger partial charge in [0, 0.05) is 29.5 Å². The number of aromatic nitrogens is 4. The molecule has 0 unspecified atom stereocenters. The van der Waals surface area contributed by atoms with E-state index < -0.39 is 12.0 Å². The summed E-state index contributed by atoms with van der Waals surface area (Å²) in [5.74, 6) is -0.157. The third kappa shape index (κ3) is 3.16. The van der Waals surface area contributed by atoms with Gasteiger partial charge in [-0.15, -0.1) is 0 Å². The number of hydrogen-bond acceptors (Lipinski definition) is 6. The Morgan fingerprint density at radius 3 is 2.96 bits per heavy atom. The van der Waals surface area contributed by atoms with Gasteiger partial charge in [-0.1, -0.05) is 24.6 Å². The maximum Gasteiger partial charge on any atom is 0.328 e. The number of aromatic amines is 1. The fourth-order valence-corrected chi connectivity index (χ4v) is 3.73. The third-order valence-corrected chi connectivity index (χ3v) is 5.10. The van der Waals surface area contributed by atoms with Crippen molar-refractivity contribution in [2.24, 2.45) is 0 Å². The predicted molar refractivity (Wildman–Crippen MR) is 103 cm³/mol. The number of nitrogens with one attached hydrogen (secondary N) is 1. The second-order valence-electron chi connectivity index (χ2n) is 6.42. The summed E-state index contributed by atoms with van der Waals surface area (Å²) >= 11 is 6.09. The fourth-order valence-electron chi connectivity index (χ4n) is 3.54. The first-order chi connectivity index (χ1) is 13.1. The van der Waals surface area contributed by atoms with Crippen LogP contribution in [0.5, 0.6) is 0 Å². The molecule has 3 aromatic rings. The molecule has 0 aliphatic carbocycles. The van der Waals surface area contributed by atoms with Crippen LogP contribution in [-0.2, 0) is 11.2 Å². The highest BCUT2D eigenvalue weighted by molar-refractivity contribution is 6.30. The molecule has 1 fully saturated rings. The van der Waals surface area contributed by atoms with Gasteiger partial charge >= 0.3 is 5.97 Å². The monoisotopic (exact) mass is 386 g/mol. The van der Waals surface area contributed by atoms with Gasteiger partial charge < -0.3 is 14.9 Å². The Balaban J connectivity index is 1.69. The number of piperazine rings is 1. The van der Waals surface area contributed by atoms with E-state index in [4.69, 9.17) is 11.6 Å². The minimum Gasteiger partial charge on any atom is -0.480 e. The Labute approximate surface area is 160 Å². The zero-order valence-electron chi connectivity index (χ0n) is 14.8. The number of hydrogen-bond donors (Lipinski definition) is 2. The smallest absolute Gasteiger partial charge is 0.328 e. The van der Waals surface area contributed by atoms with Gasteiger partial charge in [0.05, 0.1) is 11.9 Å². The number of aryl methyl sites for hydroxylation is 1. The first kappa shape index (κ1) is 17.5. The standard InChI is InChI=1S/C18H19ClN6O2/c1-2-13-15-16(23-22-13)20-10-21-17(15)24-6-7-25(14(9-24)18(26)27)12-5-3-4-11(19)8-12/h3-5,8,10,14H,2,6-7,9H2,1H3,(H,26,27)(H,20,21,22,23)/t14-/m1/s1. The average Bonchev–Trinajstić information content (AvgIpc) is 3.11. The molecule has 9 heteroatoms. The first-order valence-corrected chi connectivity index (χ1v) is 9.14. The van der Waals surface area contributed by atoms with Crippen molar-refractivity contribution in [2.75, 3.05) is 29.4 Å². The normalized spacial score (nSPS) is 17.5. The zero-order valence-corrected chi connectivity index (χ0v) is 15.5. The molecule has 0 radical (unpaired) electrons. The molecule has 1 aliphatic rings. The quantitative estimate of drug-likeness (QED) is 0.710. The second kappa shape index (κ2) is 7.03. The minimum atomic E-state index is -0.882. The number of nitrogens with zero attached hydrogens (tertiary/aromatic N) is 5. The van der Waals surface area contributed by atoms with Gasteiger partial charge in [0.1, 0.15) is 18.2 Å². The molecule has 1 aliphatic heterocycles. The van der Waals surface area contributed by atoms with Crippen LogP contribution in [0.3, 0.4) is 0 Å². The van der Waals surface area contributed by atoms with E-state index in [2.05, 4.69) is 20.2 Å². The molecule has 27 heavy (non-hydrogen) atoms. The van der Waals surface area contributed by atoms with Crippen LogP contribution in [0.4, 0.5) is 11.5 Å². The molecule has 1 saturated heterocycles. The number of carboxylic acids is 1. The lowest BCUT2D eigenvalue weighted by atomic mass is 10.1. The Morgan fingerprint density at radius 2 is 2.22 bits per heavy atom. The van der Waals surface area contributed by atoms with Crippen molar-refractivity contribution in [1.29, 1.82) is 0 Å². The summed E-state index contributed by atoms with van der Waals surface area (Å²) in [6.07, 6.45) is 2.23. The van der Waals surface area contributed by atoms with Crippen molar-refractivity contribution in [2.45, 2.75) is 19.4 Å². The summed E-state index contributed by atoms with van der Waals surface area (Å²) in [5.41, 5.74) is 2.35. The van der Waals surface area contributed by atoms with Gasteiger partial charge in [0.2, 0.25) is 0 Å². The van der Waals surface area contributed by atoms with Crippen LogP contribution in [0.1, 0.15) is 12.6 Å². The minimum absolute atomic E-state index is 0.308. The number of halogens is 1. The molecule has 140 valence electrons. The molecule has 0 spiro atoms. The molecule has 1 aromatic carbocycles. The van der Waals surface area contributed by atoms with E-state index >= 15 is 0 Å². The highest BCUT2D eigenvalue weighted by atomic mass is 35.5. The highest BCUT2D eigenvalue weighted by Crippen LogP contribution is 2.29. The summed E-state index contributed by atoms with van der Waals surface area (Å²) in [6.45, 7) is 3.52. The van der Waals surface area contributed by atoms with Gasteiger partial charge in [0.15, 0.2) is 5.65 Å². The number of carboxylic acid groups (broad SMARTS) is 1. The van der Waals surface area contributed by atoms with Crippen LogP contribution >= 0.6 is 11.6 Å². The number of H-pyrrole nitrogens is 1. The summed E-state index contributed by atoms with van der Waals surface area (Å²) in [6, 6.07) is 6.57. The zero-order chi connectivity index (χ0) is 19.0. The number of anilines is 2. The van der Waals surface area contributed by atoms with Gasteiger partial charge in [-0.05, 0) is 24.6 Å². The molecular formula is C18H19ClN6O2. The molecule has 2 N–H and O–H groups in total. The van der Waals surface area contributed by atoms with Crippen LogP contribution in [-0.4, -0.2) is 56.9 Å². The maximum atomic E-state index is 12.0. The lowest BCUT2D eigenvalue weighted by Crippen LogP contribution is -2.57. The Morgan fingerprint density at radius 1 is 1.37 bits per heavy atom. The number of fused-ring (bicyclic) bond motifs is 1. The van der Waals surface area contributed by atoms with Crippen molar-refractivity contribution in [3.8, 4) is 0 Å². The van der Waals surface area contributed by atoms with Crippen LogP contribution in [0.15, 0.2) is 30.6 Å². The van der Waals surface area contributed by atoms with Crippen molar-refractivity contribution < 1.29 is 9.90 Å². The van der Waals surface area contributed by atoms with Gasteiger partial charge in [-0.25, -0.2) is 14.8 Å². The summed E-state index contributed by atoms with van der Waals surface area (Å²) in [7, 11) is 0. The van der Waals surface area contributed by atoms with E-state index in [0.29, 0.717) is 30.3 Å². The predicted octanol–water partition coefficient (Wildman–Crippen LogP) is 2.35. The van der Waals surface area contributed by atoms with Crippen molar-refractivity contribution >= 4 is 40.1 Å². The van der Waals surface area contributed by atoms with Crippen LogP contribution in [0.2, 0.25) is 5.02 Å². The molecule has 4 rings (SSSR count). The number of benzene rings is 1. The largest absolute Gasteiger partial charge is 0.480 e.